The van der Waals surface area contributed by atoms with Crippen LogP contribution < -0.4 is 10.1 Å². The smallest absolute Gasteiger partial charge is 0.271 e. The minimum atomic E-state index is -0.210. The van der Waals surface area contributed by atoms with E-state index < -0.39 is 0 Å². The molecular weight excluding hydrogens is 324 g/mol. The van der Waals surface area contributed by atoms with Crippen molar-refractivity contribution in [3.8, 4) is 5.75 Å². The van der Waals surface area contributed by atoms with E-state index in [9.17, 15) is 4.79 Å². The van der Waals surface area contributed by atoms with Gasteiger partial charge in [-0.1, -0.05) is 11.6 Å². The monoisotopic (exact) mass is 340 g/mol. The Balaban J connectivity index is 1.88. The molecule has 1 atom stereocenters. The number of nitrogens with zero attached hydrogens (tertiary/aromatic N) is 1. The van der Waals surface area contributed by atoms with Crippen LogP contribution in [0.25, 0.3) is 0 Å². The van der Waals surface area contributed by atoms with Crippen molar-refractivity contribution in [2.75, 3.05) is 13.7 Å². The molecule has 0 spiro atoms. The molecule has 0 unspecified atom stereocenters. The summed E-state index contributed by atoms with van der Waals surface area (Å²) in [7, 11) is 1.59. The number of thiazole rings is 1. The summed E-state index contributed by atoms with van der Waals surface area (Å²) < 4.78 is 10.6. The summed E-state index contributed by atoms with van der Waals surface area (Å²) in [6.45, 7) is 2.65. The number of hydrogen-bond donors (Lipinski definition) is 1. The second kappa shape index (κ2) is 8.12. The summed E-state index contributed by atoms with van der Waals surface area (Å²) in [6.07, 6.45) is 0. The van der Waals surface area contributed by atoms with Gasteiger partial charge < -0.3 is 14.8 Å². The summed E-state index contributed by atoms with van der Waals surface area (Å²) in [5, 5.41) is 5.93. The van der Waals surface area contributed by atoms with E-state index in [2.05, 4.69) is 10.3 Å². The van der Waals surface area contributed by atoms with Crippen LogP contribution in [0.2, 0.25) is 5.02 Å². The zero-order valence-electron chi connectivity index (χ0n) is 12.3. The van der Waals surface area contributed by atoms with Crippen LogP contribution in [-0.4, -0.2) is 30.6 Å². The van der Waals surface area contributed by atoms with Crippen molar-refractivity contribution in [3.63, 3.8) is 0 Å². The number of amides is 1. The van der Waals surface area contributed by atoms with Gasteiger partial charge in [0.25, 0.3) is 5.91 Å². The van der Waals surface area contributed by atoms with Crippen molar-refractivity contribution in [2.45, 2.75) is 19.6 Å². The third kappa shape index (κ3) is 4.98. The Morgan fingerprint density at radius 1 is 1.41 bits per heavy atom. The number of methoxy groups -OCH3 is 1. The van der Waals surface area contributed by atoms with E-state index in [1.165, 1.54) is 11.3 Å². The van der Waals surface area contributed by atoms with E-state index in [-0.39, 0.29) is 11.9 Å². The Hall–Kier alpha value is -1.63. The first-order valence-electron chi connectivity index (χ1n) is 6.71. The molecule has 7 heteroatoms. The van der Waals surface area contributed by atoms with Gasteiger partial charge in [-0.3, -0.25) is 4.79 Å². The molecule has 2 aromatic rings. The second-order valence-electron chi connectivity index (χ2n) is 4.70. The molecule has 0 aliphatic heterocycles. The number of carbonyl (C=O) groups is 1. The van der Waals surface area contributed by atoms with Gasteiger partial charge in [-0.2, -0.15) is 0 Å². The number of nitrogens with one attached hydrogen (secondary N) is 1. The first-order valence-corrected chi connectivity index (χ1v) is 7.97. The van der Waals surface area contributed by atoms with Crippen molar-refractivity contribution in [3.05, 3.63) is 45.4 Å². The lowest BCUT2D eigenvalue weighted by Crippen LogP contribution is -2.35. The Kier molecular flexibility index (Phi) is 6.18. The minimum Gasteiger partial charge on any atom is -0.486 e. The first-order chi connectivity index (χ1) is 10.6. The molecule has 0 bridgehead atoms. The van der Waals surface area contributed by atoms with Crippen molar-refractivity contribution in [1.29, 1.82) is 0 Å². The summed E-state index contributed by atoms with van der Waals surface area (Å²) in [4.78, 5) is 16.2. The number of hydrogen-bond acceptors (Lipinski definition) is 5. The molecule has 0 radical (unpaired) electrons. The van der Waals surface area contributed by atoms with E-state index in [0.29, 0.717) is 29.7 Å². The van der Waals surface area contributed by atoms with Crippen molar-refractivity contribution in [2.24, 2.45) is 0 Å². The van der Waals surface area contributed by atoms with Crippen LogP contribution in [0.3, 0.4) is 0 Å². The van der Waals surface area contributed by atoms with Crippen LogP contribution in [0.15, 0.2) is 29.6 Å². The maximum atomic E-state index is 12.0. The number of ether oxygens (including phenoxy) is 2. The second-order valence-corrected chi connectivity index (χ2v) is 6.08. The molecule has 0 aliphatic rings. The summed E-state index contributed by atoms with van der Waals surface area (Å²) in [5.41, 5.74) is 0.391. The average Bonchev–Trinajstić information content (AvgIpc) is 2.96. The molecule has 1 N–H and O–H groups in total. The van der Waals surface area contributed by atoms with Gasteiger partial charge in [-0.05, 0) is 31.2 Å². The van der Waals surface area contributed by atoms with E-state index in [4.69, 9.17) is 21.1 Å². The van der Waals surface area contributed by atoms with Crippen LogP contribution in [0, 0.1) is 0 Å². The van der Waals surface area contributed by atoms with E-state index >= 15 is 0 Å². The predicted molar refractivity (Wildman–Crippen MR) is 86.7 cm³/mol. The number of halogens is 1. The molecular formula is C15H17ClN2O3S. The maximum Gasteiger partial charge on any atom is 0.271 e. The SMILES string of the molecule is COC[C@H](C)NC(=O)c1csc(COc2ccc(Cl)cc2)n1. The summed E-state index contributed by atoms with van der Waals surface area (Å²) >= 11 is 7.20. The highest BCUT2D eigenvalue weighted by molar-refractivity contribution is 7.09. The fourth-order valence-corrected chi connectivity index (χ4v) is 2.56. The van der Waals surface area contributed by atoms with Crippen LogP contribution >= 0.6 is 22.9 Å². The van der Waals surface area contributed by atoms with E-state index in [1.807, 2.05) is 6.92 Å². The Bertz CT molecular complexity index is 616. The molecule has 1 aromatic carbocycles. The van der Waals surface area contributed by atoms with Crippen LogP contribution in [0.4, 0.5) is 0 Å². The normalized spacial score (nSPS) is 12.0. The highest BCUT2D eigenvalue weighted by Crippen LogP contribution is 2.18. The molecule has 1 amide bonds. The number of rotatable bonds is 7. The van der Waals surface area contributed by atoms with Gasteiger partial charge in [0.15, 0.2) is 0 Å². The molecule has 0 saturated heterocycles. The zero-order valence-corrected chi connectivity index (χ0v) is 13.9. The predicted octanol–water partition coefficient (Wildman–Crippen LogP) is 3.14. The largest absolute Gasteiger partial charge is 0.486 e. The molecule has 1 heterocycles. The lowest BCUT2D eigenvalue weighted by Gasteiger charge is -2.11. The molecule has 2 rings (SSSR count). The van der Waals surface area contributed by atoms with Gasteiger partial charge in [0.05, 0.1) is 6.61 Å². The average molecular weight is 341 g/mol. The summed E-state index contributed by atoms with van der Waals surface area (Å²) in [6, 6.07) is 7.03. The van der Waals surface area contributed by atoms with Crippen LogP contribution in [0.1, 0.15) is 22.4 Å². The minimum absolute atomic E-state index is 0.0621. The highest BCUT2D eigenvalue weighted by atomic mass is 35.5. The first kappa shape index (κ1) is 16.7. The number of benzene rings is 1. The van der Waals surface area contributed by atoms with Crippen molar-refractivity contribution < 1.29 is 14.3 Å². The van der Waals surface area contributed by atoms with Gasteiger partial charge in [0.1, 0.15) is 23.1 Å². The van der Waals surface area contributed by atoms with Gasteiger partial charge in [-0.25, -0.2) is 4.98 Å². The lowest BCUT2D eigenvalue weighted by atomic mass is 10.3. The molecule has 0 fully saturated rings. The number of aromatic nitrogens is 1. The molecule has 118 valence electrons. The van der Waals surface area contributed by atoms with Gasteiger partial charge in [0, 0.05) is 23.6 Å². The quantitative estimate of drug-likeness (QED) is 0.841. The Labute approximate surface area is 138 Å². The van der Waals surface area contributed by atoms with Gasteiger partial charge >= 0.3 is 0 Å². The van der Waals surface area contributed by atoms with Crippen molar-refractivity contribution in [1.82, 2.24) is 10.3 Å². The molecule has 0 saturated carbocycles. The van der Waals surface area contributed by atoms with Gasteiger partial charge in [-0.15, -0.1) is 11.3 Å². The van der Waals surface area contributed by atoms with Crippen LogP contribution in [-0.2, 0) is 11.3 Å². The molecule has 0 aliphatic carbocycles. The topological polar surface area (TPSA) is 60.5 Å². The van der Waals surface area contributed by atoms with Crippen molar-refractivity contribution >= 4 is 28.8 Å². The fraction of sp³-hybridized carbons (Fsp3) is 0.333. The van der Waals surface area contributed by atoms with E-state index in [1.54, 1.807) is 36.8 Å². The molecule has 1 aromatic heterocycles. The molecule has 22 heavy (non-hydrogen) atoms. The zero-order chi connectivity index (χ0) is 15.9. The lowest BCUT2D eigenvalue weighted by molar-refractivity contribution is 0.0901. The number of carbonyl (C=O) groups excluding carboxylic acids is 1. The maximum absolute atomic E-state index is 12.0. The third-order valence-electron chi connectivity index (χ3n) is 2.75. The summed E-state index contributed by atoms with van der Waals surface area (Å²) in [5.74, 6) is 0.498. The fourth-order valence-electron chi connectivity index (χ4n) is 1.75. The molecule has 5 nitrogen and oxygen atoms in total. The van der Waals surface area contributed by atoms with Gasteiger partial charge in [0.2, 0.25) is 0 Å². The Morgan fingerprint density at radius 3 is 2.82 bits per heavy atom. The highest BCUT2D eigenvalue weighted by Gasteiger charge is 2.13. The van der Waals surface area contributed by atoms with Crippen LogP contribution in [0.5, 0.6) is 5.75 Å². The third-order valence-corrected chi connectivity index (χ3v) is 3.83. The standard InChI is InChI=1S/C15H17ClN2O3S/c1-10(7-20-2)17-15(19)13-9-22-14(18-13)8-21-12-5-3-11(16)4-6-12/h3-6,9-10H,7-8H2,1-2H3,(H,17,19)/t10-/m0/s1. The van der Waals surface area contributed by atoms with E-state index in [0.717, 1.165) is 5.01 Å². The Morgan fingerprint density at radius 2 is 2.14 bits per heavy atom.